The summed E-state index contributed by atoms with van der Waals surface area (Å²) in [7, 11) is 2.09. The molecule has 4 fully saturated rings. The highest BCUT2D eigenvalue weighted by atomic mass is 32.2. The van der Waals surface area contributed by atoms with Gasteiger partial charge in [-0.1, -0.05) is 52.9 Å². The molecule has 3 aliphatic carbocycles. The Hall–Kier alpha value is -0.180. The fourth-order valence-corrected chi connectivity index (χ4v) is 10.1. The summed E-state index contributed by atoms with van der Waals surface area (Å²) < 4.78 is 0. The van der Waals surface area contributed by atoms with Gasteiger partial charge in [-0.2, -0.15) is 11.8 Å². The van der Waals surface area contributed by atoms with Crippen molar-refractivity contribution < 1.29 is 4.79 Å². The molecule has 0 radical (unpaired) electrons. The van der Waals surface area contributed by atoms with E-state index in [2.05, 4.69) is 44.5 Å². The molecule has 3 heteroatoms. The average Bonchev–Trinajstić information content (AvgIpc) is 3.09. The Kier molecular flexibility index (Phi) is 7.71. The highest BCUT2D eigenvalue weighted by Gasteiger charge is 2.60. The van der Waals surface area contributed by atoms with Gasteiger partial charge < -0.3 is 4.90 Å². The van der Waals surface area contributed by atoms with E-state index in [1.165, 1.54) is 88.6 Å². The summed E-state index contributed by atoms with van der Waals surface area (Å²) in [4.78, 5) is 14.5. The molecule has 1 amide bonds. The number of unbranched alkanes of at least 4 members (excludes halogenated alkanes) is 5. The zero-order chi connectivity index (χ0) is 22.1. The molecule has 1 aliphatic heterocycles. The molecule has 7 atom stereocenters. The van der Waals surface area contributed by atoms with Crippen LogP contribution in [0.3, 0.4) is 0 Å². The fourth-order valence-electron chi connectivity index (χ4n) is 8.74. The summed E-state index contributed by atoms with van der Waals surface area (Å²) >= 11 is 2.27. The number of hydrogen-bond donors (Lipinski definition) is 0. The van der Waals surface area contributed by atoms with Gasteiger partial charge in [0.2, 0.25) is 5.91 Å². The highest BCUT2D eigenvalue weighted by Crippen LogP contribution is 2.66. The molecule has 4 rings (SSSR count). The molecular weight excluding hydrogens is 398 g/mol. The second-order valence-corrected chi connectivity index (χ2v) is 13.3. The monoisotopic (exact) mass is 447 g/mol. The number of carbonyl (C=O) groups is 1. The van der Waals surface area contributed by atoms with E-state index in [0.29, 0.717) is 22.8 Å². The van der Waals surface area contributed by atoms with Crippen molar-refractivity contribution in [2.75, 3.05) is 18.6 Å². The fraction of sp³-hybridized carbons (Fsp3) is 0.964. The lowest BCUT2D eigenvalue weighted by molar-refractivity contribution is -0.158. The lowest BCUT2D eigenvalue weighted by Crippen LogP contribution is -2.61. The van der Waals surface area contributed by atoms with Crippen molar-refractivity contribution in [3.8, 4) is 0 Å². The number of likely N-dealkylation sites (tertiary alicyclic amines) is 1. The molecule has 0 aromatic rings. The van der Waals surface area contributed by atoms with Crippen molar-refractivity contribution in [2.24, 2.45) is 34.5 Å². The maximum Gasteiger partial charge on any atom is 0.222 e. The lowest BCUT2D eigenvalue weighted by atomic mass is 9.47. The van der Waals surface area contributed by atoms with Crippen molar-refractivity contribution in [1.82, 2.24) is 4.90 Å². The lowest BCUT2D eigenvalue weighted by Gasteiger charge is -2.61. The number of fused-ring (bicyclic) bond motifs is 5. The van der Waals surface area contributed by atoms with E-state index in [9.17, 15) is 4.79 Å². The van der Waals surface area contributed by atoms with Gasteiger partial charge in [-0.05, 0) is 97.4 Å². The Balaban J connectivity index is 1.31. The molecule has 178 valence electrons. The molecule has 1 saturated heterocycles. The van der Waals surface area contributed by atoms with Crippen LogP contribution in [0, 0.1) is 34.5 Å². The van der Waals surface area contributed by atoms with Crippen LogP contribution in [0.15, 0.2) is 0 Å². The quantitative estimate of drug-likeness (QED) is 0.340. The number of piperidine rings is 1. The number of rotatable bonds is 9. The highest BCUT2D eigenvalue weighted by molar-refractivity contribution is 7.99. The van der Waals surface area contributed by atoms with E-state index in [1.807, 2.05) is 0 Å². The third kappa shape index (κ3) is 4.47. The van der Waals surface area contributed by atoms with E-state index >= 15 is 0 Å². The van der Waals surface area contributed by atoms with Crippen LogP contribution in [0.25, 0.3) is 0 Å². The Bertz CT molecular complexity index is 622. The van der Waals surface area contributed by atoms with Crippen LogP contribution in [0.4, 0.5) is 0 Å². The van der Waals surface area contributed by atoms with E-state index < -0.39 is 0 Å². The number of carbonyl (C=O) groups excluding carboxylic acids is 1. The third-order valence-corrected chi connectivity index (χ3v) is 11.9. The number of thioether (sulfide) groups is 1. The zero-order valence-corrected chi connectivity index (χ0v) is 21.8. The first-order chi connectivity index (χ1) is 14.9. The predicted molar refractivity (Wildman–Crippen MR) is 134 cm³/mol. The maximum absolute atomic E-state index is 12.4. The number of hydrogen-bond acceptors (Lipinski definition) is 2. The van der Waals surface area contributed by atoms with E-state index in [1.54, 1.807) is 0 Å². The molecule has 31 heavy (non-hydrogen) atoms. The van der Waals surface area contributed by atoms with Gasteiger partial charge in [-0.3, -0.25) is 4.79 Å². The summed E-state index contributed by atoms with van der Waals surface area (Å²) in [5.74, 6) is 6.87. The van der Waals surface area contributed by atoms with Crippen LogP contribution in [0.1, 0.15) is 111 Å². The summed E-state index contributed by atoms with van der Waals surface area (Å²) in [6, 6.07) is 0.504. The normalized spacial score (nSPS) is 42.3. The zero-order valence-electron chi connectivity index (χ0n) is 21.0. The van der Waals surface area contributed by atoms with Crippen LogP contribution >= 0.6 is 11.8 Å². The summed E-state index contributed by atoms with van der Waals surface area (Å²) in [5, 5.41) is 0. The molecule has 1 heterocycles. The first kappa shape index (κ1) is 24.0. The van der Waals surface area contributed by atoms with Crippen molar-refractivity contribution >= 4 is 17.7 Å². The first-order valence-electron chi connectivity index (χ1n) is 13.7. The van der Waals surface area contributed by atoms with Gasteiger partial charge in [0, 0.05) is 19.5 Å². The van der Waals surface area contributed by atoms with E-state index in [0.717, 1.165) is 36.5 Å². The Morgan fingerprint density at radius 3 is 2.45 bits per heavy atom. The largest absolute Gasteiger partial charge is 0.342 e. The molecule has 0 aromatic carbocycles. The van der Waals surface area contributed by atoms with Crippen molar-refractivity contribution in [3.63, 3.8) is 0 Å². The van der Waals surface area contributed by atoms with Crippen molar-refractivity contribution in [3.05, 3.63) is 0 Å². The van der Waals surface area contributed by atoms with E-state index in [4.69, 9.17) is 0 Å². The maximum atomic E-state index is 12.4. The Labute approximate surface area is 197 Å². The van der Waals surface area contributed by atoms with Gasteiger partial charge in [0.25, 0.3) is 0 Å². The summed E-state index contributed by atoms with van der Waals surface area (Å²) in [6.45, 7) is 7.55. The smallest absolute Gasteiger partial charge is 0.222 e. The molecule has 0 bridgehead atoms. The van der Waals surface area contributed by atoms with Gasteiger partial charge in [-0.25, -0.2) is 0 Å². The first-order valence-corrected chi connectivity index (χ1v) is 14.9. The molecule has 3 saturated carbocycles. The number of amides is 1. The molecule has 0 spiro atoms. The molecule has 2 unspecified atom stereocenters. The van der Waals surface area contributed by atoms with Gasteiger partial charge in [0.1, 0.15) is 0 Å². The van der Waals surface area contributed by atoms with Crippen LogP contribution < -0.4 is 0 Å². The molecule has 4 aliphatic rings. The van der Waals surface area contributed by atoms with Crippen molar-refractivity contribution in [2.45, 2.75) is 117 Å². The number of nitrogens with zero attached hydrogens (tertiary/aromatic N) is 1. The van der Waals surface area contributed by atoms with Crippen molar-refractivity contribution in [1.29, 1.82) is 0 Å². The Morgan fingerprint density at radius 1 is 0.903 bits per heavy atom. The standard InChI is InChI=1S/C28H49NOS/c1-5-6-7-8-9-10-19-31-20-21-11-13-23-22-12-14-25-28(3,18-16-26(30)29(25)4)24(22)15-17-27(21,23)2/h21-25H,5-20H2,1-4H3/t21?,22-,23-,24+,25?,27+,28+/m0/s1. The molecule has 0 N–H and O–H groups in total. The van der Waals surface area contributed by atoms with Crippen LogP contribution in [-0.4, -0.2) is 35.4 Å². The third-order valence-electron chi connectivity index (χ3n) is 10.7. The average molecular weight is 448 g/mol. The van der Waals surface area contributed by atoms with Gasteiger partial charge in [-0.15, -0.1) is 0 Å². The minimum atomic E-state index is 0.373. The minimum absolute atomic E-state index is 0.373. The van der Waals surface area contributed by atoms with Crippen LogP contribution in [0.5, 0.6) is 0 Å². The predicted octanol–water partition coefficient (Wildman–Crippen LogP) is 7.56. The molecular formula is C28H49NOS. The molecule has 0 aromatic heterocycles. The Morgan fingerprint density at radius 2 is 1.65 bits per heavy atom. The van der Waals surface area contributed by atoms with Gasteiger partial charge in [0.15, 0.2) is 0 Å². The van der Waals surface area contributed by atoms with Gasteiger partial charge >= 0.3 is 0 Å². The van der Waals surface area contributed by atoms with E-state index in [-0.39, 0.29) is 0 Å². The van der Waals surface area contributed by atoms with Crippen LogP contribution in [-0.2, 0) is 4.79 Å². The second-order valence-electron chi connectivity index (χ2n) is 12.1. The summed E-state index contributed by atoms with van der Waals surface area (Å²) in [5.41, 5.74) is 0.965. The SMILES string of the molecule is CCCCCCCCSCC1CC[C@H]2[C@@H]3CCC4N(C)C(=O)CC[C@]4(C)[C@@H]3CC[C@]12C. The van der Waals surface area contributed by atoms with Crippen LogP contribution in [0.2, 0.25) is 0 Å². The minimum Gasteiger partial charge on any atom is -0.342 e. The molecule has 2 nitrogen and oxygen atoms in total. The summed E-state index contributed by atoms with van der Waals surface area (Å²) in [6.07, 6.45) is 18.9. The van der Waals surface area contributed by atoms with Gasteiger partial charge in [0.05, 0.1) is 0 Å². The second kappa shape index (κ2) is 9.98. The topological polar surface area (TPSA) is 20.3 Å².